The zero-order chi connectivity index (χ0) is 20.3. The number of carbonyl (C=O) groups excluding carboxylic acids is 2. The largest absolute Gasteiger partial charge is 0.496 e. The van der Waals surface area contributed by atoms with E-state index in [9.17, 15) is 14.0 Å². The number of rotatable bonds is 5. The second-order valence-electron chi connectivity index (χ2n) is 7.21. The molecule has 0 unspecified atom stereocenters. The quantitative estimate of drug-likeness (QED) is 0.739. The van der Waals surface area contributed by atoms with E-state index in [1.165, 1.54) is 25.3 Å². The van der Waals surface area contributed by atoms with Crippen molar-refractivity contribution in [2.75, 3.05) is 39.2 Å². The molecule has 1 saturated heterocycles. The van der Waals surface area contributed by atoms with E-state index >= 15 is 0 Å². The Bertz CT molecular complexity index is 882. The van der Waals surface area contributed by atoms with Crippen LogP contribution in [0.25, 0.3) is 0 Å². The van der Waals surface area contributed by atoms with Crippen LogP contribution in [0.5, 0.6) is 5.75 Å². The predicted molar refractivity (Wildman–Crippen MR) is 107 cm³/mol. The molecular weight excluding hydrogens is 359 g/mol. The molecule has 5 nitrogen and oxygen atoms in total. The first-order valence-electron chi connectivity index (χ1n) is 9.35. The monoisotopic (exact) mass is 384 g/mol. The van der Waals surface area contributed by atoms with Crippen LogP contribution >= 0.6 is 0 Å². The van der Waals surface area contributed by atoms with Gasteiger partial charge >= 0.3 is 0 Å². The molecule has 0 aromatic heterocycles. The summed E-state index contributed by atoms with van der Waals surface area (Å²) in [6, 6.07) is 11.4. The number of ether oxygens (including phenoxy) is 1. The maximum Gasteiger partial charge on any atom is 0.255 e. The van der Waals surface area contributed by atoms with Crippen molar-refractivity contribution in [3.05, 3.63) is 59.4 Å². The van der Waals surface area contributed by atoms with Crippen LogP contribution in [0, 0.1) is 11.7 Å². The Kier molecular flexibility index (Phi) is 5.97. The average Bonchev–Trinajstić information content (AvgIpc) is 2.72. The first-order chi connectivity index (χ1) is 13.4. The van der Waals surface area contributed by atoms with Gasteiger partial charge < -0.3 is 14.5 Å². The summed E-state index contributed by atoms with van der Waals surface area (Å²) in [5.41, 5.74) is 1.69. The Morgan fingerprint density at radius 3 is 2.61 bits per heavy atom. The molecule has 1 heterocycles. The molecule has 28 heavy (non-hydrogen) atoms. The number of likely N-dealkylation sites (tertiary alicyclic amines) is 1. The summed E-state index contributed by atoms with van der Waals surface area (Å²) in [5, 5.41) is 0. The number of carbonyl (C=O) groups is 2. The molecule has 6 heteroatoms. The molecule has 2 aromatic rings. The van der Waals surface area contributed by atoms with Gasteiger partial charge in [-0.2, -0.15) is 0 Å². The molecule has 1 aliphatic rings. The minimum absolute atomic E-state index is 0.0898. The van der Waals surface area contributed by atoms with Gasteiger partial charge in [0, 0.05) is 38.8 Å². The molecule has 0 aliphatic carbocycles. The lowest BCUT2D eigenvalue weighted by molar-refractivity contribution is 0.0636. The fourth-order valence-corrected chi connectivity index (χ4v) is 3.68. The molecule has 2 aromatic carbocycles. The molecule has 1 aliphatic heterocycles. The number of ketones is 1. The van der Waals surface area contributed by atoms with Crippen LogP contribution in [0.4, 0.5) is 10.1 Å². The molecule has 1 atom stereocenters. The number of methoxy groups -OCH3 is 1. The van der Waals surface area contributed by atoms with Gasteiger partial charge in [0.1, 0.15) is 11.6 Å². The van der Waals surface area contributed by atoms with Gasteiger partial charge in [-0.25, -0.2) is 4.39 Å². The molecule has 0 spiro atoms. The van der Waals surface area contributed by atoms with Crippen molar-refractivity contribution in [2.45, 2.75) is 12.8 Å². The molecular formula is C22H25FN2O3. The highest BCUT2D eigenvalue weighted by Crippen LogP contribution is 2.28. The first-order valence-corrected chi connectivity index (χ1v) is 9.35. The molecule has 1 amide bonds. The van der Waals surface area contributed by atoms with Crippen LogP contribution in [-0.4, -0.2) is 50.9 Å². The van der Waals surface area contributed by atoms with E-state index in [1.807, 2.05) is 37.2 Å². The number of halogens is 1. The lowest BCUT2D eigenvalue weighted by atomic mass is 9.89. The Balaban J connectivity index is 1.82. The van der Waals surface area contributed by atoms with Gasteiger partial charge in [0.2, 0.25) is 0 Å². The van der Waals surface area contributed by atoms with E-state index in [0.29, 0.717) is 30.8 Å². The van der Waals surface area contributed by atoms with Crippen molar-refractivity contribution in [3.8, 4) is 5.75 Å². The van der Waals surface area contributed by atoms with Crippen molar-refractivity contribution in [2.24, 2.45) is 5.92 Å². The van der Waals surface area contributed by atoms with Crippen molar-refractivity contribution in [3.63, 3.8) is 0 Å². The van der Waals surface area contributed by atoms with Crippen LogP contribution in [0.15, 0.2) is 42.5 Å². The summed E-state index contributed by atoms with van der Waals surface area (Å²) < 4.78 is 18.9. The molecule has 0 saturated carbocycles. The lowest BCUT2D eigenvalue weighted by Crippen LogP contribution is -2.42. The van der Waals surface area contributed by atoms with Crippen LogP contribution < -0.4 is 9.64 Å². The third kappa shape index (κ3) is 4.01. The number of para-hydroxylation sites is 1. The standard InChI is InChI=1S/C22H25FN2O3/c1-24(2)19-9-5-4-8-17(19)22(27)25-12-6-7-15(14-25)21(26)18-13-16(23)10-11-20(18)28-3/h4-5,8-11,13,15H,6-7,12,14H2,1-3H3/t15-/m1/s1. The van der Waals surface area contributed by atoms with Gasteiger partial charge in [-0.1, -0.05) is 12.1 Å². The molecule has 0 N–H and O–H groups in total. The maximum absolute atomic E-state index is 13.7. The second kappa shape index (κ2) is 8.42. The maximum atomic E-state index is 13.7. The van der Waals surface area contributed by atoms with E-state index in [0.717, 1.165) is 12.1 Å². The van der Waals surface area contributed by atoms with E-state index in [2.05, 4.69) is 0 Å². The number of hydrogen-bond donors (Lipinski definition) is 0. The Labute approximate surface area is 164 Å². The Morgan fingerprint density at radius 2 is 1.89 bits per heavy atom. The molecule has 3 rings (SSSR count). The van der Waals surface area contributed by atoms with Gasteiger partial charge in [0.05, 0.1) is 18.2 Å². The summed E-state index contributed by atoms with van der Waals surface area (Å²) in [6.45, 7) is 0.920. The fraction of sp³-hybridized carbons (Fsp3) is 0.364. The third-order valence-corrected chi connectivity index (χ3v) is 5.12. The van der Waals surface area contributed by atoms with Gasteiger partial charge in [0.15, 0.2) is 5.78 Å². The van der Waals surface area contributed by atoms with Gasteiger partial charge in [-0.3, -0.25) is 9.59 Å². The number of anilines is 1. The number of amides is 1. The zero-order valence-corrected chi connectivity index (χ0v) is 16.4. The lowest BCUT2D eigenvalue weighted by Gasteiger charge is -2.33. The predicted octanol–water partition coefficient (Wildman–Crippen LogP) is 3.64. The molecule has 1 fully saturated rings. The summed E-state index contributed by atoms with van der Waals surface area (Å²) in [5.74, 6) is -0.775. The molecule has 148 valence electrons. The Morgan fingerprint density at radius 1 is 1.14 bits per heavy atom. The minimum Gasteiger partial charge on any atom is -0.496 e. The zero-order valence-electron chi connectivity index (χ0n) is 16.4. The number of piperidine rings is 1. The van der Waals surface area contributed by atoms with Crippen molar-refractivity contribution in [1.82, 2.24) is 4.90 Å². The summed E-state index contributed by atoms with van der Waals surface area (Å²) in [6.07, 6.45) is 1.39. The SMILES string of the molecule is COc1ccc(F)cc1C(=O)[C@@H]1CCCN(C(=O)c2ccccc2N(C)C)C1. The van der Waals surface area contributed by atoms with Crippen molar-refractivity contribution < 1.29 is 18.7 Å². The van der Waals surface area contributed by atoms with Crippen molar-refractivity contribution in [1.29, 1.82) is 0 Å². The van der Waals surface area contributed by atoms with Gasteiger partial charge in [-0.15, -0.1) is 0 Å². The summed E-state index contributed by atoms with van der Waals surface area (Å²) in [4.78, 5) is 29.8. The van der Waals surface area contributed by atoms with E-state index < -0.39 is 5.82 Å². The number of Topliss-reactive ketones (excluding diaryl/α,β-unsaturated/α-hetero) is 1. The van der Waals surface area contributed by atoms with Gasteiger partial charge in [-0.05, 0) is 43.2 Å². The number of nitrogens with zero attached hydrogens (tertiary/aromatic N) is 2. The number of hydrogen-bond acceptors (Lipinski definition) is 4. The van der Waals surface area contributed by atoms with Gasteiger partial charge in [0.25, 0.3) is 5.91 Å². The van der Waals surface area contributed by atoms with Crippen LogP contribution in [0.3, 0.4) is 0 Å². The highest BCUT2D eigenvalue weighted by molar-refractivity contribution is 6.02. The highest BCUT2D eigenvalue weighted by Gasteiger charge is 2.31. The smallest absolute Gasteiger partial charge is 0.255 e. The normalized spacial score (nSPS) is 16.6. The number of benzene rings is 2. The fourth-order valence-electron chi connectivity index (χ4n) is 3.68. The van der Waals surface area contributed by atoms with Crippen molar-refractivity contribution >= 4 is 17.4 Å². The average molecular weight is 384 g/mol. The van der Waals surface area contributed by atoms with Crippen LogP contribution in [0.2, 0.25) is 0 Å². The topological polar surface area (TPSA) is 49.9 Å². The summed E-state index contributed by atoms with van der Waals surface area (Å²) in [7, 11) is 5.24. The van der Waals surface area contributed by atoms with E-state index in [-0.39, 0.29) is 23.2 Å². The van der Waals surface area contributed by atoms with E-state index in [4.69, 9.17) is 4.74 Å². The van der Waals surface area contributed by atoms with Crippen LogP contribution in [-0.2, 0) is 0 Å². The molecule has 0 bridgehead atoms. The highest BCUT2D eigenvalue weighted by atomic mass is 19.1. The second-order valence-corrected chi connectivity index (χ2v) is 7.21. The van der Waals surface area contributed by atoms with E-state index in [1.54, 1.807) is 11.0 Å². The third-order valence-electron chi connectivity index (χ3n) is 5.12. The van der Waals surface area contributed by atoms with Crippen LogP contribution in [0.1, 0.15) is 33.6 Å². The first kappa shape index (κ1) is 19.9. The summed E-state index contributed by atoms with van der Waals surface area (Å²) >= 11 is 0. The molecule has 0 radical (unpaired) electrons. The Hall–Kier alpha value is -2.89. The minimum atomic E-state index is -0.479.